The zero-order valence-electron chi connectivity index (χ0n) is 13.5. The molecule has 2 aromatic rings. The van der Waals surface area contributed by atoms with Crippen LogP contribution in [0.2, 0.25) is 0 Å². The van der Waals surface area contributed by atoms with Gasteiger partial charge in [-0.25, -0.2) is 4.79 Å². The number of carbonyl (C=O) groups excluding carboxylic acids is 2. The Labute approximate surface area is 136 Å². The fourth-order valence-electron chi connectivity index (χ4n) is 2.12. The first-order valence-corrected chi connectivity index (χ1v) is 7.19. The van der Waals surface area contributed by atoms with Gasteiger partial charge >= 0.3 is 5.97 Å². The zero-order valence-corrected chi connectivity index (χ0v) is 13.5. The number of benzene rings is 2. The molecule has 0 saturated carbocycles. The van der Waals surface area contributed by atoms with Gasteiger partial charge in [0.2, 0.25) is 0 Å². The third-order valence-electron chi connectivity index (χ3n) is 3.40. The first-order chi connectivity index (χ1) is 10.9. The van der Waals surface area contributed by atoms with Gasteiger partial charge in [-0.05, 0) is 48.9 Å². The van der Waals surface area contributed by atoms with Crippen molar-refractivity contribution in [2.24, 2.45) is 0 Å². The lowest BCUT2D eigenvalue weighted by molar-refractivity contribution is -0.128. The summed E-state index contributed by atoms with van der Waals surface area (Å²) in [6.45, 7) is 5.24. The molecule has 0 N–H and O–H groups in total. The van der Waals surface area contributed by atoms with Crippen molar-refractivity contribution in [1.82, 2.24) is 0 Å². The maximum Gasteiger partial charge on any atom is 0.335 e. The molecule has 4 heteroatoms. The van der Waals surface area contributed by atoms with Gasteiger partial charge in [-0.15, -0.1) is 0 Å². The van der Waals surface area contributed by atoms with Crippen LogP contribution in [0.1, 0.15) is 21.5 Å². The van der Waals surface area contributed by atoms with Gasteiger partial charge in [0.25, 0.3) is 0 Å². The Morgan fingerprint density at radius 2 is 1.74 bits per heavy atom. The number of carbonyl (C=O) groups is 2. The van der Waals surface area contributed by atoms with Crippen LogP contribution < -0.4 is 9.64 Å². The summed E-state index contributed by atoms with van der Waals surface area (Å²) in [6, 6.07) is 12.4. The minimum absolute atomic E-state index is 0.192. The van der Waals surface area contributed by atoms with Gasteiger partial charge in [-0.1, -0.05) is 12.6 Å². The Bertz CT molecular complexity index is 746. The molecule has 0 saturated heterocycles. The van der Waals surface area contributed by atoms with E-state index in [9.17, 15) is 9.59 Å². The van der Waals surface area contributed by atoms with Crippen molar-refractivity contribution in [3.05, 3.63) is 71.8 Å². The van der Waals surface area contributed by atoms with Crippen LogP contribution in [0, 0.1) is 6.92 Å². The van der Waals surface area contributed by atoms with Crippen molar-refractivity contribution < 1.29 is 14.3 Å². The second kappa shape index (κ2) is 6.92. The van der Waals surface area contributed by atoms with E-state index in [-0.39, 0.29) is 11.5 Å². The molecule has 23 heavy (non-hydrogen) atoms. The Morgan fingerprint density at radius 1 is 1.09 bits per heavy atom. The van der Waals surface area contributed by atoms with Crippen LogP contribution in [0.5, 0.6) is 5.75 Å². The van der Waals surface area contributed by atoms with Gasteiger partial charge < -0.3 is 9.64 Å². The molecule has 0 aromatic heterocycles. The van der Waals surface area contributed by atoms with Crippen LogP contribution >= 0.6 is 0 Å². The largest absolute Gasteiger partial charge is 0.423 e. The molecule has 4 nitrogen and oxygen atoms in total. The van der Waals surface area contributed by atoms with Crippen LogP contribution in [-0.4, -0.2) is 25.8 Å². The molecule has 0 spiro atoms. The number of nitrogens with zero attached hydrogens (tertiary/aromatic N) is 1. The molecule has 0 atom stereocenters. The predicted molar refractivity (Wildman–Crippen MR) is 91.2 cm³/mol. The number of ketones is 1. The van der Waals surface area contributed by atoms with E-state index in [0.29, 0.717) is 11.1 Å². The van der Waals surface area contributed by atoms with E-state index in [2.05, 4.69) is 6.58 Å². The Balaban J connectivity index is 2.38. The minimum atomic E-state index is -0.590. The molecule has 0 unspecified atom stereocenters. The first-order valence-electron chi connectivity index (χ1n) is 7.19. The maximum atomic E-state index is 12.7. The smallest absolute Gasteiger partial charge is 0.335 e. The first kappa shape index (κ1) is 16.5. The number of anilines is 1. The van der Waals surface area contributed by atoms with E-state index in [1.54, 1.807) is 24.3 Å². The molecule has 2 rings (SSSR count). The summed E-state index contributed by atoms with van der Waals surface area (Å²) < 4.78 is 5.19. The molecule has 0 fully saturated rings. The van der Waals surface area contributed by atoms with Gasteiger partial charge in [0.15, 0.2) is 5.78 Å². The summed E-state index contributed by atoms with van der Waals surface area (Å²) >= 11 is 0. The second-order valence-electron chi connectivity index (χ2n) is 5.40. The van der Waals surface area contributed by atoms with Crippen LogP contribution in [0.3, 0.4) is 0 Å². The Morgan fingerprint density at radius 3 is 2.30 bits per heavy atom. The number of aryl methyl sites for hydroxylation is 1. The maximum absolute atomic E-state index is 12.7. The summed E-state index contributed by atoms with van der Waals surface area (Å²) in [5, 5.41) is 0. The van der Waals surface area contributed by atoms with Crippen molar-refractivity contribution in [1.29, 1.82) is 0 Å². The molecule has 0 amide bonds. The average Bonchev–Trinajstić information content (AvgIpc) is 2.54. The average molecular weight is 309 g/mol. The quantitative estimate of drug-likeness (QED) is 0.368. The van der Waals surface area contributed by atoms with E-state index in [4.69, 9.17) is 4.74 Å². The Kier molecular flexibility index (Phi) is 4.96. The van der Waals surface area contributed by atoms with E-state index < -0.39 is 5.97 Å². The molecule has 0 aliphatic heterocycles. The topological polar surface area (TPSA) is 46.6 Å². The minimum Gasteiger partial charge on any atom is -0.423 e. The predicted octanol–water partition coefficient (Wildman–Crippen LogP) is 3.38. The number of rotatable bonds is 5. The SMILES string of the molecule is C=CC(=O)Oc1cc(C)ccc1C(=O)c1ccc(N(C)C)cc1. The summed E-state index contributed by atoms with van der Waals surface area (Å²) in [5.74, 6) is -0.536. The highest BCUT2D eigenvalue weighted by Crippen LogP contribution is 2.24. The van der Waals surface area contributed by atoms with E-state index in [0.717, 1.165) is 17.3 Å². The molecule has 0 aliphatic rings. The van der Waals surface area contributed by atoms with Gasteiger partial charge in [-0.3, -0.25) is 4.79 Å². The third-order valence-corrected chi connectivity index (χ3v) is 3.40. The van der Waals surface area contributed by atoms with E-state index in [1.165, 1.54) is 0 Å². The highest BCUT2D eigenvalue weighted by Gasteiger charge is 2.16. The fraction of sp³-hybridized carbons (Fsp3) is 0.158. The lowest BCUT2D eigenvalue weighted by atomic mass is 10.0. The normalized spacial score (nSPS) is 10.0. The lowest BCUT2D eigenvalue weighted by Crippen LogP contribution is -2.11. The Hall–Kier alpha value is -2.88. The number of esters is 1. The molecule has 0 bridgehead atoms. The number of ether oxygens (including phenoxy) is 1. The van der Waals surface area contributed by atoms with Gasteiger partial charge in [0.1, 0.15) is 5.75 Å². The highest BCUT2D eigenvalue weighted by atomic mass is 16.5. The summed E-state index contributed by atoms with van der Waals surface area (Å²) in [4.78, 5) is 26.1. The van der Waals surface area contributed by atoms with Gasteiger partial charge in [0, 0.05) is 31.4 Å². The molecule has 0 heterocycles. The zero-order chi connectivity index (χ0) is 17.0. The van der Waals surface area contributed by atoms with Crippen molar-refractivity contribution >= 4 is 17.4 Å². The van der Waals surface area contributed by atoms with Crippen molar-refractivity contribution in [2.45, 2.75) is 6.92 Å². The summed E-state index contributed by atoms with van der Waals surface area (Å²) in [6.07, 6.45) is 1.07. The van der Waals surface area contributed by atoms with Gasteiger partial charge in [-0.2, -0.15) is 0 Å². The van der Waals surface area contributed by atoms with Crippen molar-refractivity contribution in [3.63, 3.8) is 0 Å². The lowest BCUT2D eigenvalue weighted by Gasteiger charge is -2.13. The van der Waals surface area contributed by atoms with Crippen LogP contribution in [0.4, 0.5) is 5.69 Å². The molecular weight excluding hydrogens is 290 g/mol. The van der Waals surface area contributed by atoms with Crippen LogP contribution in [-0.2, 0) is 4.79 Å². The van der Waals surface area contributed by atoms with Crippen LogP contribution in [0.15, 0.2) is 55.1 Å². The van der Waals surface area contributed by atoms with Crippen LogP contribution in [0.25, 0.3) is 0 Å². The summed E-state index contributed by atoms with van der Waals surface area (Å²) in [5.41, 5.74) is 2.79. The number of hydrogen-bond donors (Lipinski definition) is 0. The molecule has 0 radical (unpaired) electrons. The summed E-state index contributed by atoms with van der Waals surface area (Å²) in [7, 11) is 3.87. The second-order valence-corrected chi connectivity index (χ2v) is 5.40. The fourth-order valence-corrected chi connectivity index (χ4v) is 2.12. The van der Waals surface area contributed by atoms with Gasteiger partial charge in [0.05, 0.1) is 5.56 Å². The number of hydrogen-bond acceptors (Lipinski definition) is 4. The molecule has 118 valence electrons. The molecular formula is C19H19NO3. The monoisotopic (exact) mass is 309 g/mol. The van der Waals surface area contributed by atoms with E-state index in [1.807, 2.05) is 44.1 Å². The highest BCUT2D eigenvalue weighted by molar-refractivity contribution is 6.11. The van der Waals surface area contributed by atoms with E-state index >= 15 is 0 Å². The standard InChI is InChI=1S/C19H19NO3/c1-5-18(21)23-17-12-13(2)6-11-16(17)19(22)14-7-9-15(10-8-14)20(3)4/h5-12H,1H2,2-4H3. The van der Waals surface area contributed by atoms with Crippen molar-refractivity contribution in [2.75, 3.05) is 19.0 Å². The van der Waals surface area contributed by atoms with Crippen molar-refractivity contribution in [3.8, 4) is 5.75 Å². The third kappa shape index (κ3) is 3.86. The molecule has 2 aromatic carbocycles. The molecule has 0 aliphatic carbocycles.